The van der Waals surface area contributed by atoms with E-state index in [1.165, 1.54) is 0 Å². The van der Waals surface area contributed by atoms with Crippen molar-refractivity contribution in [3.8, 4) is 5.75 Å². The van der Waals surface area contributed by atoms with E-state index in [9.17, 15) is 0 Å². The molecule has 140 valence electrons. The van der Waals surface area contributed by atoms with Crippen LogP contribution in [0.15, 0.2) is 24.3 Å². The normalized spacial score (nSPS) is 14.8. The van der Waals surface area contributed by atoms with Gasteiger partial charge in [-0.15, -0.1) is 0 Å². The van der Waals surface area contributed by atoms with E-state index in [0.717, 1.165) is 54.7 Å². The average Bonchev–Trinajstić information content (AvgIpc) is 2.60. The topological polar surface area (TPSA) is 74.3 Å². The van der Waals surface area contributed by atoms with Gasteiger partial charge in [0, 0.05) is 55.7 Å². The summed E-state index contributed by atoms with van der Waals surface area (Å²) in [6.07, 6.45) is 0. The van der Waals surface area contributed by atoms with Crippen LogP contribution in [0.5, 0.6) is 5.75 Å². The average molecular weight is 356 g/mol. The monoisotopic (exact) mass is 356 g/mol. The number of aryl methyl sites for hydroxylation is 1. The van der Waals surface area contributed by atoms with Crippen molar-refractivity contribution in [1.29, 1.82) is 0 Å². The van der Waals surface area contributed by atoms with Crippen molar-refractivity contribution in [2.24, 2.45) is 0 Å². The van der Waals surface area contributed by atoms with Crippen molar-refractivity contribution in [3.63, 3.8) is 0 Å². The lowest BCUT2D eigenvalue weighted by molar-refractivity contribution is 0.133. The molecule has 0 saturated carbocycles. The van der Waals surface area contributed by atoms with Crippen LogP contribution < -0.4 is 20.7 Å². The zero-order valence-corrected chi connectivity index (χ0v) is 16.0. The molecule has 2 heterocycles. The lowest BCUT2D eigenvalue weighted by Crippen LogP contribution is -2.57. The highest BCUT2D eigenvalue weighted by atomic mass is 16.5. The van der Waals surface area contributed by atoms with Crippen molar-refractivity contribution in [3.05, 3.63) is 35.5 Å². The molecule has 3 N–H and O–H groups in total. The number of benzene rings is 1. The molecule has 0 unspecified atom stereocenters. The Balaban J connectivity index is 1.69. The Hall–Kier alpha value is -2.38. The molecular formula is C19H28N6O. The van der Waals surface area contributed by atoms with Gasteiger partial charge in [-0.3, -0.25) is 0 Å². The van der Waals surface area contributed by atoms with Crippen LogP contribution in [-0.4, -0.2) is 54.7 Å². The maximum Gasteiger partial charge on any atom is 0.229 e. The van der Waals surface area contributed by atoms with Crippen LogP contribution in [-0.2, 0) is 6.54 Å². The first kappa shape index (κ1) is 18.4. The van der Waals surface area contributed by atoms with E-state index >= 15 is 0 Å². The first-order valence-corrected chi connectivity index (χ1v) is 9.04. The van der Waals surface area contributed by atoms with Crippen LogP contribution in [0.2, 0.25) is 0 Å². The zero-order valence-electron chi connectivity index (χ0n) is 16.0. The van der Waals surface area contributed by atoms with Gasteiger partial charge in [0.25, 0.3) is 0 Å². The van der Waals surface area contributed by atoms with Crippen LogP contribution in [0.3, 0.4) is 0 Å². The number of likely N-dealkylation sites (N-methyl/N-ethyl adjacent to an activating group) is 1. The number of hydrogen-bond acceptors (Lipinski definition) is 7. The van der Waals surface area contributed by atoms with Gasteiger partial charge >= 0.3 is 0 Å². The van der Waals surface area contributed by atoms with Gasteiger partial charge in [-0.1, -0.05) is 6.92 Å². The van der Waals surface area contributed by atoms with E-state index < -0.39 is 0 Å². The quantitative estimate of drug-likeness (QED) is 0.670. The van der Waals surface area contributed by atoms with Gasteiger partial charge in [-0.25, -0.2) is 4.98 Å². The minimum absolute atomic E-state index is 0.551. The number of likely N-dealkylation sites (tertiary alicyclic amines) is 1. The number of nitrogens with zero attached hydrogens (tertiary/aromatic N) is 3. The predicted octanol–water partition coefficient (Wildman–Crippen LogP) is 2.37. The van der Waals surface area contributed by atoms with E-state index in [1.807, 2.05) is 32.2 Å². The van der Waals surface area contributed by atoms with Crippen molar-refractivity contribution in [1.82, 2.24) is 20.2 Å². The minimum Gasteiger partial charge on any atom is -0.496 e. The molecule has 1 aromatic heterocycles. The number of methoxy groups -OCH3 is 1. The summed E-state index contributed by atoms with van der Waals surface area (Å²) in [5, 5.41) is 9.94. The number of anilines is 3. The van der Waals surface area contributed by atoms with Crippen LogP contribution in [0.4, 0.5) is 17.5 Å². The molecule has 1 saturated heterocycles. The molecule has 0 radical (unpaired) electrons. The lowest BCUT2D eigenvalue weighted by atomic mass is 10.1. The van der Waals surface area contributed by atoms with Crippen LogP contribution in [0.1, 0.15) is 18.2 Å². The van der Waals surface area contributed by atoms with Crippen molar-refractivity contribution < 1.29 is 4.74 Å². The maximum atomic E-state index is 5.51. The van der Waals surface area contributed by atoms with E-state index in [4.69, 9.17) is 4.74 Å². The molecule has 0 amide bonds. The van der Waals surface area contributed by atoms with E-state index in [-0.39, 0.29) is 0 Å². The molecule has 7 nitrogen and oxygen atoms in total. The molecule has 2 aromatic rings. The summed E-state index contributed by atoms with van der Waals surface area (Å²) >= 11 is 0. The number of nitrogens with one attached hydrogen (secondary N) is 3. The number of ether oxygens (including phenoxy) is 1. The van der Waals surface area contributed by atoms with Crippen LogP contribution in [0.25, 0.3) is 0 Å². The van der Waals surface area contributed by atoms with E-state index in [1.54, 1.807) is 7.11 Å². The van der Waals surface area contributed by atoms with Gasteiger partial charge in [0.05, 0.1) is 7.11 Å². The largest absolute Gasteiger partial charge is 0.496 e. The summed E-state index contributed by atoms with van der Waals surface area (Å²) in [4.78, 5) is 11.3. The highest BCUT2D eigenvalue weighted by Crippen LogP contribution is 2.25. The SMILES string of the molecule is CCN1CC(NCc2cc(Nc3nc(C)cc(NC)n3)ccc2OC)C1. The minimum atomic E-state index is 0.551. The first-order chi connectivity index (χ1) is 12.6. The number of hydrogen-bond donors (Lipinski definition) is 3. The van der Waals surface area contributed by atoms with Crippen molar-refractivity contribution >= 4 is 17.5 Å². The molecular weight excluding hydrogens is 328 g/mol. The van der Waals surface area contributed by atoms with Gasteiger partial charge in [0.15, 0.2) is 0 Å². The maximum absolute atomic E-state index is 5.51. The molecule has 3 rings (SSSR count). The van der Waals surface area contributed by atoms with Crippen molar-refractivity contribution in [2.45, 2.75) is 26.4 Å². The first-order valence-electron chi connectivity index (χ1n) is 9.04. The molecule has 26 heavy (non-hydrogen) atoms. The summed E-state index contributed by atoms with van der Waals surface area (Å²) in [6.45, 7) is 8.27. The van der Waals surface area contributed by atoms with Gasteiger partial charge in [-0.2, -0.15) is 4.98 Å². The van der Waals surface area contributed by atoms with Gasteiger partial charge in [0.2, 0.25) is 5.95 Å². The van der Waals surface area contributed by atoms with E-state index in [0.29, 0.717) is 12.0 Å². The fourth-order valence-electron chi connectivity index (χ4n) is 3.09. The van der Waals surface area contributed by atoms with Gasteiger partial charge in [-0.05, 0) is 31.7 Å². The Morgan fingerprint density at radius 3 is 2.73 bits per heavy atom. The second-order valence-corrected chi connectivity index (χ2v) is 6.55. The van der Waals surface area contributed by atoms with Crippen molar-refractivity contribution in [2.75, 3.05) is 44.4 Å². The Morgan fingerprint density at radius 1 is 1.23 bits per heavy atom. The molecule has 0 spiro atoms. The second-order valence-electron chi connectivity index (χ2n) is 6.55. The van der Waals surface area contributed by atoms with Crippen LogP contribution >= 0.6 is 0 Å². The van der Waals surface area contributed by atoms with Gasteiger partial charge < -0.3 is 25.6 Å². The summed E-state index contributed by atoms with van der Waals surface area (Å²) in [5.41, 5.74) is 2.97. The predicted molar refractivity (Wildman–Crippen MR) is 105 cm³/mol. The molecule has 0 bridgehead atoms. The molecule has 0 atom stereocenters. The molecule has 1 aliphatic heterocycles. The smallest absolute Gasteiger partial charge is 0.229 e. The Kier molecular flexibility index (Phi) is 5.90. The third kappa shape index (κ3) is 4.42. The fourth-order valence-corrected chi connectivity index (χ4v) is 3.09. The van der Waals surface area contributed by atoms with Gasteiger partial charge in [0.1, 0.15) is 11.6 Å². The molecule has 7 heteroatoms. The zero-order chi connectivity index (χ0) is 18.5. The standard InChI is InChI=1S/C19H28N6O/c1-5-25-11-16(12-25)21-10-14-9-15(6-7-17(14)26-4)23-19-22-13(2)8-18(20-3)24-19/h6-9,16,21H,5,10-12H2,1-4H3,(H2,20,22,23,24). The third-order valence-corrected chi connectivity index (χ3v) is 4.63. The van der Waals surface area contributed by atoms with E-state index in [2.05, 4.69) is 43.8 Å². The second kappa shape index (κ2) is 8.33. The van der Waals surface area contributed by atoms with Crippen LogP contribution in [0, 0.1) is 6.92 Å². The summed E-state index contributed by atoms with van der Waals surface area (Å²) < 4.78 is 5.51. The highest BCUT2D eigenvalue weighted by molar-refractivity contribution is 5.58. The molecule has 1 aromatic carbocycles. The Morgan fingerprint density at radius 2 is 2.04 bits per heavy atom. The Bertz CT molecular complexity index is 745. The Labute approximate surface area is 155 Å². The summed E-state index contributed by atoms with van der Waals surface area (Å²) in [7, 11) is 3.56. The number of rotatable bonds is 8. The highest BCUT2D eigenvalue weighted by Gasteiger charge is 2.24. The summed E-state index contributed by atoms with van der Waals surface area (Å²) in [6, 6.07) is 8.51. The molecule has 1 aliphatic rings. The third-order valence-electron chi connectivity index (χ3n) is 4.63. The lowest BCUT2D eigenvalue weighted by Gasteiger charge is -2.39. The molecule has 1 fully saturated rings. The fraction of sp³-hybridized carbons (Fsp3) is 0.474. The molecule has 0 aliphatic carbocycles. The number of aromatic nitrogens is 2. The summed E-state index contributed by atoms with van der Waals surface area (Å²) in [5.74, 6) is 2.26.